The molecule has 2 N–H and O–H groups in total. The van der Waals surface area contributed by atoms with Gasteiger partial charge in [-0.05, 0) is 43.5 Å². The van der Waals surface area contributed by atoms with Crippen molar-refractivity contribution in [2.75, 3.05) is 7.11 Å². The Bertz CT molecular complexity index is 997. The number of nitrogens with zero attached hydrogens (tertiary/aromatic N) is 3. The van der Waals surface area contributed by atoms with Crippen LogP contribution in [0.25, 0.3) is 11.5 Å². The van der Waals surface area contributed by atoms with E-state index in [0.717, 1.165) is 29.9 Å². The number of nitrogens with two attached hydrogens (primary N) is 1. The molecule has 0 saturated carbocycles. The number of benzene rings is 1. The van der Waals surface area contributed by atoms with E-state index in [4.69, 9.17) is 20.1 Å². The third kappa shape index (κ3) is 4.54. The van der Waals surface area contributed by atoms with E-state index in [9.17, 15) is 4.79 Å². The van der Waals surface area contributed by atoms with Crippen LogP contribution in [0.3, 0.4) is 0 Å². The van der Waals surface area contributed by atoms with Crippen molar-refractivity contribution in [1.82, 2.24) is 9.97 Å². The highest BCUT2D eigenvalue weighted by Crippen LogP contribution is 2.28. The van der Waals surface area contributed by atoms with E-state index in [0.29, 0.717) is 22.9 Å². The summed E-state index contributed by atoms with van der Waals surface area (Å²) in [4.78, 5) is 19.2. The predicted octanol–water partition coefficient (Wildman–Crippen LogP) is 3.28. The number of primary amides is 1. The van der Waals surface area contributed by atoms with Crippen LogP contribution in [0.2, 0.25) is 0 Å². The molecule has 2 aromatic heterocycles. The SMILES string of the molecule is COc1cc(-c2nc3c(o2)CCCC3)ccn1.N#Cc1cccc(C(N)=O)c1. The number of methoxy groups -OCH3 is 1. The van der Waals surface area contributed by atoms with E-state index < -0.39 is 5.91 Å². The van der Waals surface area contributed by atoms with E-state index >= 15 is 0 Å². The molecular weight excluding hydrogens is 356 g/mol. The average molecular weight is 376 g/mol. The molecule has 7 heteroatoms. The Kier molecular flexibility index (Phi) is 6.02. The Morgan fingerprint density at radius 2 is 2.07 bits per heavy atom. The summed E-state index contributed by atoms with van der Waals surface area (Å²) in [6.07, 6.45) is 6.14. The molecule has 3 aromatic rings. The van der Waals surface area contributed by atoms with Crippen molar-refractivity contribution in [3.05, 3.63) is 65.2 Å². The van der Waals surface area contributed by atoms with Gasteiger partial charge in [-0.2, -0.15) is 5.26 Å². The zero-order valence-corrected chi connectivity index (χ0v) is 15.5. The quantitative estimate of drug-likeness (QED) is 0.750. The standard InChI is InChI=1S/C13H14N2O2.C8H6N2O/c1-16-12-8-9(6-7-14-12)13-15-10-4-2-3-5-11(10)17-13;9-5-6-2-1-3-7(4-6)8(10)11/h6-8H,2-5H2,1H3;1-4H,(H2,10,11). The van der Waals surface area contributed by atoms with E-state index in [1.807, 2.05) is 18.2 Å². The molecule has 0 radical (unpaired) electrons. The second kappa shape index (κ2) is 8.82. The lowest BCUT2D eigenvalue weighted by Gasteiger charge is -2.05. The molecule has 0 unspecified atom stereocenters. The number of hydrogen-bond donors (Lipinski definition) is 1. The van der Waals surface area contributed by atoms with E-state index in [1.54, 1.807) is 31.5 Å². The number of aromatic nitrogens is 2. The van der Waals surface area contributed by atoms with Crippen molar-refractivity contribution >= 4 is 5.91 Å². The molecule has 7 nitrogen and oxygen atoms in total. The molecule has 0 atom stereocenters. The fourth-order valence-electron chi connectivity index (χ4n) is 2.87. The van der Waals surface area contributed by atoms with Crippen LogP contribution in [0.5, 0.6) is 5.88 Å². The van der Waals surface area contributed by atoms with Gasteiger partial charge in [-0.25, -0.2) is 9.97 Å². The minimum atomic E-state index is -0.512. The molecule has 0 spiro atoms. The number of hydrogen-bond acceptors (Lipinski definition) is 6. The largest absolute Gasteiger partial charge is 0.481 e. The van der Waals surface area contributed by atoms with Crippen LogP contribution >= 0.6 is 0 Å². The maximum absolute atomic E-state index is 10.6. The van der Waals surface area contributed by atoms with Crippen LogP contribution in [-0.2, 0) is 12.8 Å². The monoisotopic (exact) mass is 376 g/mol. The first-order valence-electron chi connectivity index (χ1n) is 8.89. The molecule has 28 heavy (non-hydrogen) atoms. The Labute approximate surface area is 162 Å². The zero-order chi connectivity index (χ0) is 19.9. The summed E-state index contributed by atoms with van der Waals surface area (Å²) in [6, 6.07) is 11.9. The number of oxazole rings is 1. The Hall–Kier alpha value is -3.66. The summed E-state index contributed by atoms with van der Waals surface area (Å²) < 4.78 is 10.9. The van der Waals surface area contributed by atoms with Crippen LogP contribution in [0, 0.1) is 11.3 Å². The van der Waals surface area contributed by atoms with Gasteiger partial charge in [0.1, 0.15) is 5.76 Å². The minimum absolute atomic E-state index is 0.365. The van der Waals surface area contributed by atoms with Crippen molar-refractivity contribution in [2.45, 2.75) is 25.7 Å². The first kappa shape index (κ1) is 19.1. The van der Waals surface area contributed by atoms with Crippen LogP contribution in [0.15, 0.2) is 47.0 Å². The van der Waals surface area contributed by atoms with Gasteiger partial charge >= 0.3 is 0 Å². The summed E-state index contributed by atoms with van der Waals surface area (Å²) >= 11 is 0. The first-order chi connectivity index (χ1) is 13.6. The van der Waals surface area contributed by atoms with Crippen molar-refractivity contribution in [2.24, 2.45) is 5.73 Å². The number of fused-ring (bicyclic) bond motifs is 1. The fraction of sp³-hybridized carbons (Fsp3) is 0.238. The Morgan fingerprint density at radius 3 is 2.79 bits per heavy atom. The van der Waals surface area contributed by atoms with E-state index in [-0.39, 0.29) is 0 Å². The number of amides is 1. The number of rotatable bonds is 3. The van der Waals surface area contributed by atoms with Crippen molar-refractivity contribution in [1.29, 1.82) is 5.26 Å². The van der Waals surface area contributed by atoms with Gasteiger partial charge in [0, 0.05) is 29.8 Å². The maximum atomic E-state index is 10.6. The van der Waals surface area contributed by atoms with Gasteiger partial charge in [0.15, 0.2) is 0 Å². The third-order valence-corrected chi connectivity index (χ3v) is 4.31. The maximum Gasteiger partial charge on any atom is 0.248 e. The number of pyridine rings is 1. The van der Waals surface area contributed by atoms with Gasteiger partial charge in [0.2, 0.25) is 17.7 Å². The predicted molar refractivity (Wildman–Crippen MR) is 103 cm³/mol. The molecule has 0 aliphatic heterocycles. The van der Waals surface area contributed by atoms with Gasteiger partial charge in [0.05, 0.1) is 24.4 Å². The van der Waals surface area contributed by atoms with Gasteiger partial charge in [-0.15, -0.1) is 0 Å². The summed E-state index contributed by atoms with van der Waals surface area (Å²) in [5, 5.41) is 8.44. The minimum Gasteiger partial charge on any atom is -0.481 e. The van der Waals surface area contributed by atoms with Crippen molar-refractivity contribution < 1.29 is 13.9 Å². The molecule has 1 amide bonds. The lowest BCUT2D eigenvalue weighted by molar-refractivity contribution is 0.1000. The van der Waals surface area contributed by atoms with Crippen molar-refractivity contribution in [3.63, 3.8) is 0 Å². The molecule has 1 aromatic carbocycles. The number of aryl methyl sites for hydroxylation is 2. The zero-order valence-electron chi connectivity index (χ0n) is 15.5. The molecule has 1 aliphatic carbocycles. The van der Waals surface area contributed by atoms with Gasteiger partial charge in [0.25, 0.3) is 0 Å². The van der Waals surface area contributed by atoms with Crippen molar-refractivity contribution in [3.8, 4) is 23.4 Å². The molecule has 0 saturated heterocycles. The molecule has 4 rings (SSSR count). The molecule has 2 heterocycles. The van der Waals surface area contributed by atoms with Crippen LogP contribution in [0.4, 0.5) is 0 Å². The topological polar surface area (TPSA) is 115 Å². The summed E-state index contributed by atoms with van der Waals surface area (Å²) in [7, 11) is 1.60. The molecule has 0 bridgehead atoms. The molecular formula is C21H20N4O3. The summed E-state index contributed by atoms with van der Waals surface area (Å²) in [5.74, 6) is 1.79. The smallest absolute Gasteiger partial charge is 0.248 e. The van der Waals surface area contributed by atoms with Crippen LogP contribution in [-0.4, -0.2) is 23.0 Å². The average Bonchev–Trinajstić information content (AvgIpc) is 3.18. The molecule has 142 valence electrons. The lowest BCUT2D eigenvalue weighted by Crippen LogP contribution is -2.10. The second-order valence-corrected chi connectivity index (χ2v) is 6.24. The number of nitriles is 1. The summed E-state index contributed by atoms with van der Waals surface area (Å²) in [5.41, 5.74) is 7.83. The Balaban J connectivity index is 0.000000178. The van der Waals surface area contributed by atoms with Crippen LogP contribution in [0.1, 0.15) is 40.2 Å². The fourth-order valence-corrected chi connectivity index (χ4v) is 2.87. The second-order valence-electron chi connectivity index (χ2n) is 6.24. The van der Waals surface area contributed by atoms with Crippen LogP contribution < -0.4 is 10.5 Å². The number of carbonyl (C=O) groups excluding carboxylic acids is 1. The van der Waals surface area contributed by atoms with Gasteiger partial charge in [-0.1, -0.05) is 6.07 Å². The summed E-state index contributed by atoms with van der Waals surface area (Å²) in [6.45, 7) is 0. The molecule has 0 fully saturated rings. The number of ether oxygens (including phenoxy) is 1. The number of carbonyl (C=O) groups is 1. The highest BCUT2D eigenvalue weighted by atomic mass is 16.5. The highest BCUT2D eigenvalue weighted by Gasteiger charge is 2.18. The third-order valence-electron chi connectivity index (χ3n) is 4.31. The highest BCUT2D eigenvalue weighted by molar-refractivity contribution is 5.93. The normalized spacial score (nSPS) is 12.1. The van der Waals surface area contributed by atoms with E-state index in [2.05, 4.69) is 9.97 Å². The first-order valence-corrected chi connectivity index (χ1v) is 8.89. The van der Waals surface area contributed by atoms with Gasteiger partial charge in [-0.3, -0.25) is 4.79 Å². The van der Waals surface area contributed by atoms with Gasteiger partial charge < -0.3 is 14.9 Å². The lowest BCUT2D eigenvalue weighted by atomic mass is 10.0. The Morgan fingerprint density at radius 1 is 1.25 bits per heavy atom. The molecule has 1 aliphatic rings. The van der Waals surface area contributed by atoms with E-state index in [1.165, 1.54) is 18.9 Å².